The molecule has 96 valence electrons. The lowest BCUT2D eigenvalue weighted by Crippen LogP contribution is -2.30. The Labute approximate surface area is 117 Å². The summed E-state index contributed by atoms with van der Waals surface area (Å²) in [6, 6.07) is 4.37. The van der Waals surface area contributed by atoms with Crippen LogP contribution in [0.25, 0.3) is 0 Å². The molecule has 1 atom stereocenters. The average molecular weight is 334 g/mol. The number of halogens is 3. The molecule has 0 fully saturated rings. The van der Waals surface area contributed by atoms with Crippen LogP contribution in [0, 0.1) is 5.82 Å². The molecule has 0 radical (unpaired) electrons. The third-order valence-electron chi connectivity index (χ3n) is 2.65. The summed E-state index contributed by atoms with van der Waals surface area (Å²) in [5, 5.41) is 4.51. The third-order valence-corrected chi connectivity index (χ3v) is 3.59. The summed E-state index contributed by atoms with van der Waals surface area (Å²) in [5.74, 6) is 5.18. The summed E-state index contributed by atoms with van der Waals surface area (Å²) in [5.41, 5.74) is 3.97. The molecular formula is C11H11BrClFN4. The summed E-state index contributed by atoms with van der Waals surface area (Å²) in [6.45, 7) is 0. The minimum atomic E-state index is -0.424. The molecule has 0 amide bonds. The highest BCUT2D eigenvalue weighted by Gasteiger charge is 2.20. The normalized spacial score (nSPS) is 12.7. The first-order valence-electron chi connectivity index (χ1n) is 5.13. The first-order chi connectivity index (χ1) is 8.54. The van der Waals surface area contributed by atoms with Crippen LogP contribution < -0.4 is 11.3 Å². The number of nitrogens with one attached hydrogen (secondary N) is 1. The molecule has 2 aromatic rings. The topological polar surface area (TPSA) is 55.9 Å². The highest BCUT2D eigenvalue weighted by Crippen LogP contribution is 2.29. The van der Waals surface area contributed by atoms with Crippen molar-refractivity contribution in [3.8, 4) is 0 Å². The molecule has 1 heterocycles. The van der Waals surface area contributed by atoms with Crippen LogP contribution in [-0.4, -0.2) is 9.78 Å². The molecule has 0 aliphatic rings. The quantitative estimate of drug-likeness (QED) is 0.670. The molecule has 1 aromatic heterocycles. The Morgan fingerprint density at radius 2 is 2.28 bits per heavy atom. The van der Waals surface area contributed by atoms with Gasteiger partial charge in [0.25, 0.3) is 0 Å². The summed E-state index contributed by atoms with van der Waals surface area (Å²) >= 11 is 9.17. The van der Waals surface area contributed by atoms with Crippen molar-refractivity contribution in [2.45, 2.75) is 6.04 Å². The monoisotopic (exact) mass is 332 g/mol. The molecule has 3 N–H and O–H groups in total. The Hall–Kier alpha value is -0.950. The van der Waals surface area contributed by atoms with Crippen LogP contribution in [-0.2, 0) is 7.05 Å². The zero-order valence-corrected chi connectivity index (χ0v) is 11.8. The number of benzene rings is 1. The molecular weight excluding hydrogens is 323 g/mol. The number of hydrogen-bond acceptors (Lipinski definition) is 3. The van der Waals surface area contributed by atoms with Gasteiger partial charge in [-0.15, -0.1) is 0 Å². The van der Waals surface area contributed by atoms with E-state index in [1.54, 1.807) is 23.9 Å². The largest absolute Gasteiger partial charge is 0.271 e. The molecule has 0 aliphatic carbocycles. The first kappa shape index (κ1) is 13.5. The van der Waals surface area contributed by atoms with Gasteiger partial charge in [0.2, 0.25) is 0 Å². The third kappa shape index (κ3) is 2.42. The van der Waals surface area contributed by atoms with E-state index < -0.39 is 6.04 Å². The SMILES string of the molecule is Cn1ncc(Cl)c1C(NN)c1ccc(Br)c(F)c1. The molecule has 1 unspecified atom stereocenters. The van der Waals surface area contributed by atoms with E-state index in [1.165, 1.54) is 12.3 Å². The van der Waals surface area contributed by atoms with Crippen molar-refractivity contribution in [2.24, 2.45) is 12.9 Å². The Balaban J connectivity index is 2.48. The molecule has 4 nitrogen and oxygen atoms in total. The second kappa shape index (κ2) is 5.36. The van der Waals surface area contributed by atoms with E-state index >= 15 is 0 Å². The maximum Gasteiger partial charge on any atom is 0.137 e. The number of aryl methyl sites for hydroxylation is 1. The van der Waals surface area contributed by atoms with Crippen LogP contribution in [0.4, 0.5) is 4.39 Å². The van der Waals surface area contributed by atoms with Gasteiger partial charge in [-0.3, -0.25) is 10.5 Å². The minimum absolute atomic E-state index is 0.356. The molecule has 0 spiro atoms. The van der Waals surface area contributed by atoms with Gasteiger partial charge in [-0.2, -0.15) is 5.10 Å². The van der Waals surface area contributed by atoms with Gasteiger partial charge in [-0.1, -0.05) is 17.7 Å². The van der Waals surface area contributed by atoms with Crippen molar-refractivity contribution >= 4 is 27.5 Å². The average Bonchev–Trinajstić information content (AvgIpc) is 2.66. The number of hydrogen-bond donors (Lipinski definition) is 2. The zero-order valence-electron chi connectivity index (χ0n) is 9.49. The standard InChI is InChI=1S/C11H11BrClFN4/c1-18-11(8(13)5-16-18)10(17-15)6-2-3-7(12)9(14)4-6/h2-5,10,17H,15H2,1H3. The van der Waals surface area contributed by atoms with E-state index in [-0.39, 0.29) is 5.82 Å². The number of hydrazine groups is 1. The molecule has 0 saturated carbocycles. The van der Waals surface area contributed by atoms with Crippen LogP contribution in [0.1, 0.15) is 17.3 Å². The van der Waals surface area contributed by atoms with E-state index in [0.29, 0.717) is 20.8 Å². The van der Waals surface area contributed by atoms with Gasteiger partial charge in [-0.05, 0) is 33.6 Å². The van der Waals surface area contributed by atoms with E-state index in [9.17, 15) is 4.39 Å². The second-order valence-corrected chi connectivity index (χ2v) is 5.04. The highest BCUT2D eigenvalue weighted by atomic mass is 79.9. The van der Waals surface area contributed by atoms with Crippen LogP contribution in [0.15, 0.2) is 28.9 Å². The molecule has 7 heteroatoms. The number of nitrogens with two attached hydrogens (primary N) is 1. The van der Waals surface area contributed by atoms with Crippen LogP contribution in [0.2, 0.25) is 5.02 Å². The fourth-order valence-corrected chi connectivity index (χ4v) is 2.29. The van der Waals surface area contributed by atoms with Crippen LogP contribution in [0.5, 0.6) is 0 Å². The molecule has 0 saturated heterocycles. The fraction of sp³-hybridized carbons (Fsp3) is 0.182. The fourth-order valence-electron chi connectivity index (χ4n) is 1.77. The van der Waals surface area contributed by atoms with E-state index in [4.69, 9.17) is 17.4 Å². The smallest absolute Gasteiger partial charge is 0.137 e. The van der Waals surface area contributed by atoms with Gasteiger partial charge < -0.3 is 0 Å². The van der Waals surface area contributed by atoms with Crippen LogP contribution >= 0.6 is 27.5 Å². The summed E-state index contributed by atoms with van der Waals surface area (Å²) in [6.07, 6.45) is 1.52. The van der Waals surface area contributed by atoms with Crippen molar-refractivity contribution in [1.82, 2.24) is 15.2 Å². The lowest BCUT2D eigenvalue weighted by Gasteiger charge is -2.17. The van der Waals surface area contributed by atoms with Gasteiger partial charge >= 0.3 is 0 Å². The van der Waals surface area contributed by atoms with E-state index in [2.05, 4.69) is 26.5 Å². The number of aromatic nitrogens is 2. The maximum absolute atomic E-state index is 13.5. The Kier molecular flexibility index (Phi) is 4.01. The summed E-state index contributed by atoms with van der Waals surface area (Å²) in [7, 11) is 1.75. The predicted octanol–water partition coefficient (Wildman–Crippen LogP) is 2.53. The van der Waals surface area contributed by atoms with Crippen molar-refractivity contribution in [2.75, 3.05) is 0 Å². The van der Waals surface area contributed by atoms with E-state index in [0.717, 1.165) is 0 Å². The van der Waals surface area contributed by atoms with Gasteiger partial charge in [0.05, 0.1) is 27.4 Å². The summed E-state index contributed by atoms with van der Waals surface area (Å²) in [4.78, 5) is 0. The molecule has 0 aliphatic heterocycles. The lowest BCUT2D eigenvalue weighted by atomic mass is 10.0. The molecule has 0 bridgehead atoms. The van der Waals surface area contributed by atoms with Crippen molar-refractivity contribution in [3.63, 3.8) is 0 Å². The van der Waals surface area contributed by atoms with Gasteiger partial charge in [0, 0.05) is 7.05 Å². The Bertz CT molecular complexity index is 553. The van der Waals surface area contributed by atoms with E-state index in [1.807, 2.05) is 0 Å². The lowest BCUT2D eigenvalue weighted by molar-refractivity contribution is 0.565. The number of rotatable bonds is 3. The van der Waals surface area contributed by atoms with Crippen molar-refractivity contribution < 1.29 is 4.39 Å². The maximum atomic E-state index is 13.5. The first-order valence-corrected chi connectivity index (χ1v) is 6.30. The highest BCUT2D eigenvalue weighted by molar-refractivity contribution is 9.10. The minimum Gasteiger partial charge on any atom is -0.271 e. The molecule has 2 rings (SSSR count). The van der Waals surface area contributed by atoms with Crippen molar-refractivity contribution in [1.29, 1.82) is 0 Å². The van der Waals surface area contributed by atoms with Gasteiger partial charge in [0.1, 0.15) is 5.82 Å². The second-order valence-electron chi connectivity index (χ2n) is 3.77. The van der Waals surface area contributed by atoms with Crippen LogP contribution in [0.3, 0.4) is 0 Å². The zero-order chi connectivity index (χ0) is 13.3. The van der Waals surface area contributed by atoms with Gasteiger partial charge in [0.15, 0.2) is 0 Å². The Morgan fingerprint density at radius 3 is 2.78 bits per heavy atom. The molecule has 1 aromatic carbocycles. The predicted molar refractivity (Wildman–Crippen MR) is 71.5 cm³/mol. The van der Waals surface area contributed by atoms with Crippen molar-refractivity contribution in [3.05, 3.63) is 51.0 Å². The Morgan fingerprint density at radius 1 is 1.56 bits per heavy atom. The molecule has 18 heavy (non-hydrogen) atoms. The van der Waals surface area contributed by atoms with Gasteiger partial charge in [-0.25, -0.2) is 9.82 Å². The summed E-state index contributed by atoms with van der Waals surface area (Å²) < 4.78 is 15.6. The number of nitrogens with zero attached hydrogens (tertiary/aromatic N) is 2.